The minimum atomic E-state index is -0.920. The van der Waals surface area contributed by atoms with Gasteiger partial charge in [0, 0.05) is 22.6 Å². The average Bonchev–Trinajstić information content (AvgIpc) is 2.62. The Morgan fingerprint density at radius 2 is 1.74 bits per heavy atom. The molecule has 0 amide bonds. The molecule has 0 aliphatic carbocycles. The predicted octanol–water partition coefficient (Wildman–Crippen LogP) is 4.55. The van der Waals surface area contributed by atoms with Gasteiger partial charge in [-0.25, -0.2) is 13.2 Å². The number of benzene rings is 1. The average molecular weight is 350 g/mol. The molecule has 2 rings (SSSR count). The molecule has 0 saturated heterocycles. The molecule has 0 saturated carbocycles. The van der Waals surface area contributed by atoms with Crippen LogP contribution >= 0.6 is 27.3 Å². The first-order valence-corrected chi connectivity index (χ1v) is 7.12. The highest BCUT2D eigenvalue weighted by atomic mass is 79.9. The largest absolute Gasteiger partial charge is 0.309 e. The van der Waals surface area contributed by atoms with Crippen molar-refractivity contribution >= 4 is 27.3 Å². The van der Waals surface area contributed by atoms with Crippen molar-refractivity contribution in [3.63, 3.8) is 0 Å². The standard InChI is InChI=1S/C13H11BrF3NS/c1-6-8(5-11(14)19-6)13(18-2)12-9(16)3-7(15)4-10(12)17/h3-5,13,18H,1-2H3. The van der Waals surface area contributed by atoms with Crippen LogP contribution in [0.3, 0.4) is 0 Å². The molecule has 102 valence electrons. The number of aryl methyl sites for hydroxylation is 1. The van der Waals surface area contributed by atoms with E-state index in [1.807, 2.05) is 13.0 Å². The Kier molecular flexibility index (Phi) is 4.32. The molecule has 1 N–H and O–H groups in total. The molecule has 0 radical (unpaired) electrons. The van der Waals surface area contributed by atoms with Crippen LogP contribution < -0.4 is 5.32 Å². The second kappa shape index (κ2) is 5.64. The predicted molar refractivity (Wildman–Crippen MR) is 74.0 cm³/mol. The Morgan fingerprint density at radius 3 is 2.16 bits per heavy atom. The van der Waals surface area contributed by atoms with E-state index in [9.17, 15) is 13.2 Å². The molecule has 0 spiro atoms. The molecular weight excluding hydrogens is 339 g/mol. The van der Waals surface area contributed by atoms with Gasteiger partial charge in [0.25, 0.3) is 0 Å². The van der Waals surface area contributed by atoms with Crippen LogP contribution in [0.4, 0.5) is 13.2 Å². The molecule has 0 aliphatic rings. The summed E-state index contributed by atoms with van der Waals surface area (Å²) in [5.74, 6) is -2.70. The first-order valence-electron chi connectivity index (χ1n) is 5.51. The minimum Gasteiger partial charge on any atom is -0.309 e. The molecule has 1 aromatic heterocycles. The van der Waals surface area contributed by atoms with Crippen molar-refractivity contribution < 1.29 is 13.2 Å². The maximum atomic E-state index is 13.8. The van der Waals surface area contributed by atoms with E-state index >= 15 is 0 Å². The molecule has 2 aromatic rings. The second-order valence-electron chi connectivity index (χ2n) is 4.07. The lowest BCUT2D eigenvalue weighted by Crippen LogP contribution is -2.20. The van der Waals surface area contributed by atoms with Crippen LogP contribution in [0.1, 0.15) is 22.0 Å². The van der Waals surface area contributed by atoms with Gasteiger partial charge in [0.05, 0.1) is 9.83 Å². The van der Waals surface area contributed by atoms with E-state index in [4.69, 9.17) is 0 Å². The lowest BCUT2D eigenvalue weighted by molar-refractivity contribution is 0.500. The van der Waals surface area contributed by atoms with Gasteiger partial charge in [-0.05, 0) is 41.5 Å². The molecule has 0 bridgehead atoms. The summed E-state index contributed by atoms with van der Waals surface area (Å²) in [4.78, 5) is 0.939. The van der Waals surface area contributed by atoms with Gasteiger partial charge in [-0.3, -0.25) is 0 Å². The van der Waals surface area contributed by atoms with Crippen molar-refractivity contribution in [3.8, 4) is 0 Å². The summed E-state index contributed by atoms with van der Waals surface area (Å²) in [6.07, 6.45) is 0. The van der Waals surface area contributed by atoms with Gasteiger partial charge < -0.3 is 5.32 Å². The van der Waals surface area contributed by atoms with Gasteiger partial charge in [0.2, 0.25) is 0 Å². The van der Waals surface area contributed by atoms with Crippen LogP contribution in [-0.2, 0) is 0 Å². The molecule has 1 aromatic carbocycles. The number of rotatable bonds is 3. The monoisotopic (exact) mass is 349 g/mol. The molecule has 1 heterocycles. The molecule has 0 aliphatic heterocycles. The lowest BCUT2D eigenvalue weighted by atomic mass is 9.98. The molecule has 1 nitrogen and oxygen atoms in total. The molecular formula is C13H11BrF3NS. The number of halogens is 4. The highest BCUT2D eigenvalue weighted by molar-refractivity contribution is 9.11. The minimum absolute atomic E-state index is 0.169. The molecule has 19 heavy (non-hydrogen) atoms. The number of hydrogen-bond acceptors (Lipinski definition) is 2. The summed E-state index contributed by atoms with van der Waals surface area (Å²) in [7, 11) is 1.61. The zero-order chi connectivity index (χ0) is 14.2. The maximum Gasteiger partial charge on any atom is 0.134 e. The van der Waals surface area contributed by atoms with Crippen molar-refractivity contribution in [2.45, 2.75) is 13.0 Å². The van der Waals surface area contributed by atoms with Crippen LogP contribution in [0.2, 0.25) is 0 Å². The number of nitrogens with one attached hydrogen (secondary N) is 1. The highest BCUT2D eigenvalue weighted by Gasteiger charge is 2.24. The molecule has 0 fully saturated rings. The fourth-order valence-electron chi connectivity index (χ4n) is 2.03. The topological polar surface area (TPSA) is 12.0 Å². The van der Waals surface area contributed by atoms with Crippen molar-refractivity contribution in [3.05, 3.63) is 55.4 Å². The fraction of sp³-hybridized carbons (Fsp3) is 0.231. The zero-order valence-corrected chi connectivity index (χ0v) is 12.6. The van der Waals surface area contributed by atoms with Crippen molar-refractivity contribution in [1.29, 1.82) is 0 Å². The van der Waals surface area contributed by atoms with Crippen LogP contribution in [0.15, 0.2) is 22.0 Å². The van der Waals surface area contributed by atoms with Crippen molar-refractivity contribution in [2.24, 2.45) is 0 Å². The van der Waals surface area contributed by atoms with Gasteiger partial charge in [-0.15, -0.1) is 11.3 Å². The highest BCUT2D eigenvalue weighted by Crippen LogP contribution is 2.35. The Balaban J connectivity index is 2.57. The van der Waals surface area contributed by atoms with E-state index < -0.39 is 23.5 Å². The first kappa shape index (κ1) is 14.6. The van der Waals surface area contributed by atoms with Gasteiger partial charge in [0.15, 0.2) is 0 Å². The first-order chi connectivity index (χ1) is 8.93. The van der Waals surface area contributed by atoms with Crippen molar-refractivity contribution in [1.82, 2.24) is 5.32 Å². The van der Waals surface area contributed by atoms with Crippen molar-refractivity contribution in [2.75, 3.05) is 7.05 Å². The third-order valence-corrected chi connectivity index (χ3v) is 4.43. The van der Waals surface area contributed by atoms with Gasteiger partial charge >= 0.3 is 0 Å². The summed E-state index contributed by atoms with van der Waals surface area (Å²) in [6, 6.07) is 2.55. The quantitative estimate of drug-likeness (QED) is 0.857. The summed E-state index contributed by atoms with van der Waals surface area (Å²) in [6.45, 7) is 1.87. The van der Waals surface area contributed by atoms with Crippen LogP contribution in [0, 0.1) is 24.4 Å². The summed E-state index contributed by atoms with van der Waals surface area (Å²) in [5.41, 5.74) is 0.598. The Bertz CT molecular complexity index is 589. The number of hydrogen-bond donors (Lipinski definition) is 1. The van der Waals surface area contributed by atoms with Gasteiger partial charge in [-0.1, -0.05) is 0 Å². The van der Waals surface area contributed by atoms with E-state index in [1.165, 1.54) is 11.3 Å². The van der Waals surface area contributed by atoms with Gasteiger partial charge in [0.1, 0.15) is 17.5 Å². The van der Waals surface area contributed by atoms with Crippen LogP contribution in [0.5, 0.6) is 0 Å². The SMILES string of the molecule is CNC(c1cc(Br)sc1C)c1c(F)cc(F)cc1F. The summed E-state index contributed by atoms with van der Waals surface area (Å²) >= 11 is 4.83. The van der Waals surface area contributed by atoms with E-state index in [0.29, 0.717) is 12.1 Å². The normalized spacial score (nSPS) is 12.7. The summed E-state index contributed by atoms with van der Waals surface area (Å²) < 4.78 is 41.5. The number of thiophene rings is 1. The van der Waals surface area contributed by atoms with Gasteiger partial charge in [-0.2, -0.15) is 0 Å². The molecule has 1 unspecified atom stereocenters. The molecule has 6 heteroatoms. The molecule has 1 atom stereocenters. The van der Waals surface area contributed by atoms with Crippen LogP contribution in [-0.4, -0.2) is 7.05 Å². The Hall–Kier alpha value is -0.850. The third kappa shape index (κ3) is 2.85. The maximum absolute atomic E-state index is 13.8. The smallest absolute Gasteiger partial charge is 0.134 e. The third-order valence-electron chi connectivity index (χ3n) is 2.86. The van der Waals surface area contributed by atoms with E-state index in [0.717, 1.165) is 14.2 Å². The lowest BCUT2D eigenvalue weighted by Gasteiger charge is -2.18. The Morgan fingerprint density at radius 1 is 1.16 bits per heavy atom. The van der Waals surface area contributed by atoms with Crippen LogP contribution in [0.25, 0.3) is 0 Å². The van der Waals surface area contributed by atoms with E-state index in [1.54, 1.807) is 7.05 Å². The summed E-state index contributed by atoms with van der Waals surface area (Å²) in [5, 5.41) is 2.87. The zero-order valence-electron chi connectivity index (χ0n) is 10.2. The Labute approximate surface area is 121 Å². The van der Waals surface area contributed by atoms with E-state index in [2.05, 4.69) is 21.2 Å². The second-order valence-corrected chi connectivity index (χ2v) is 6.70. The fourth-order valence-corrected chi connectivity index (χ4v) is 3.78. The van der Waals surface area contributed by atoms with E-state index in [-0.39, 0.29) is 5.56 Å².